The molecule has 6 rings (SSSR count). The molecule has 2 aromatic heterocycles. The van der Waals surface area contributed by atoms with Gasteiger partial charge >= 0.3 is 5.97 Å². The summed E-state index contributed by atoms with van der Waals surface area (Å²) in [6.45, 7) is 4.02. The smallest absolute Gasteiger partial charge is 0.335 e. The van der Waals surface area contributed by atoms with Crippen molar-refractivity contribution in [3.8, 4) is 16.9 Å². The molecule has 3 aromatic carbocycles. The number of carbonyl (C=O) groups is 1. The Labute approximate surface area is 231 Å². The highest BCUT2D eigenvalue weighted by Crippen LogP contribution is 2.37. The molecule has 0 saturated carbocycles. The van der Waals surface area contributed by atoms with Crippen LogP contribution in [0, 0.1) is 0 Å². The lowest BCUT2D eigenvalue weighted by molar-refractivity contribution is 0.0696. The molecule has 5 aromatic rings. The lowest BCUT2D eigenvalue weighted by Crippen LogP contribution is -2.20. The molecule has 8 heteroatoms. The van der Waals surface area contributed by atoms with Gasteiger partial charge in [-0.2, -0.15) is 5.10 Å². The van der Waals surface area contributed by atoms with Crippen LogP contribution in [0.15, 0.2) is 103 Å². The van der Waals surface area contributed by atoms with Gasteiger partial charge < -0.3 is 9.84 Å². The topological polar surface area (TPSA) is 101 Å². The van der Waals surface area contributed by atoms with Crippen molar-refractivity contribution in [2.45, 2.75) is 32.4 Å². The minimum absolute atomic E-state index is 0.125. The summed E-state index contributed by atoms with van der Waals surface area (Å²) in [6, 6.07) is 25.2. The largest absolute Gasteiger partial charge is 0.491 e. The van der Waals surface area contributed by atoms with Gasteiger partial charge in [0.15, 0.2) is 0 Å². The minimum atomic E-state index is -1.01. The molecule has 0 amide bonds. The summed E-state index contributed by atoms with van der Waals surface area (Å²) in [5.74, 6) is 0.313. The first kappa shape index (κ1) is 25.2. The summed E-state index contributed by atoms with van der Waals surface area (Å²) in [4.78, 5) is 25.0. The second-order valence-corrected chi connectivity index (χ2v) is 9.89. The minimum Gasteiger partial charge on any atom is -0.491 e. The van der Waals surface area contributed by atoms with E-state index in [-0.39, 0.29) is 17.7 Å². The van der Waals surface area contributed by atoms with E-state index in [9.17, 15) is 9.90 Å². The molecular formula is C32H27N5O3. The van der Waals surface area contributed by atoms with Crippen LogP contribution < -0.4 is 9.75 Å². The summed E-state index contributed by atoms with van der Waals surface area (Å²) in [6.07, 6.45) is 5.59. The van der Waals surface area contributed by atoms with E-state index in [0.29, 0.717) is 12.2 Å². The fraction of sp³-hybridized carbons (Fsp3) is 0.156. The van der Waals surface area contributed by atoms with Crippen molar-refractivity contribution < 1.29 is 14.6 Å². The van der Waals surface area contributed by atoms with Crippen LogP contribution in [-0.4, -0.2) is 37.8 Å². The maximum Gasteiger partial charge on any atom is 0.335 e. The number of aromatic nitrogens is 3. The Bertz CT molecular complexity index is 1720. The predicted octanol–water partition coefficient (Wildman–Crippen LogP) is 6.53. The molecule has 0 saturated heterocycles. The molecule has 3 heterocycles. The van der Waals surface area contributed by atoms with Gasteiger partial charge in [-0.25, -0.2) is 14.8 Å². The van der Waals surface area contributed by atoms with Crippen LogP contribution in [0.4, 0.5) is 5.82 Å². The third kappa shape index (κ3) is 5.11. The molecule has 1 aliphatic heterocycles. The van der Waals surface area contributed by atoms with Gasteiger partial charge in [-0.3, -0.25) is 9.97 Å². The van der Waals surface area contributed by atoms with Crippen molar-refractivity contribution in [1.82, 2.24) is 15.0 Å². The molecule has 0 spiro atoms. The number of rotatable bonds is 7. The quantitative estimate of drug-likeness (QED) is 0.256. The van der Waals surface area contributed by atoms with E-state index in [1.807, 2.05) is 49.2 Å². The number of carboxylic acids is 1. The second-order valence-electron chi connectivity index (χ2n) is 9.89. The third-order valence-electron chi connectivity index (χ3n) is 6.79. The Morgan fingerprint density at radius 3 is 2.20 bits per heavy atom. The van der Waals surface area contributed by atoms with Crippen LogP contribution in [0.2, 0.25) is 0 Å². The fourth-order valence-corrected chi connectivity index (χ4v) is 4.87. The van der Waals surface area contributed by atoms with E-state index in [1.54, 1.807) is 18.5 Å². The maximum absolute atomic E-state index is 11.7. The molecular weight excluding hydrogens is 502 g/mol. The van der Waals surface area contributed by atoms with Gasteiger partial charge in [-0.1, -0.05) is 42.5 Å². The summed E-state index contributed by atoms with van der Waals surface area (Å²) < 4.78 is 5.77. The molecule has 40 heavy (non-hydrogen) atoms. The number of fused-ring (bicyclic) bond motifs is 1. The van der Waals surface area contributed by atoms with Gasteiger partial charge in [0.2, 0.25) is 0 Å². The fourth-order valence-electron chi connectivity index (χ4n) is 4.87. The first-order chi connectivity index (χ1) is 19.4. The van der Waals surface area contributed by atoms with Crippen molar-refractivity contribution in [2.24, 2.45) is 5.10 Å². The average molecular weight is 530 g/mol. The van der Waals surface area contributed by atoms with Crippen molar-refractivity contribution in [1.29, 1.82) is 0 Å². The first-order valence-electron chi connectivity index (χ1n) is 13.1. The van der Waals surface area contributed by atoms with Crippen LogP contribution in [0.1, 0.15) is 47.8 Å². The number of aromatic carboxylic acids is 1. The molecule has 1 unspecified atom stereocenters. The van der Waals surface area contributed by atoms with Gasteiger partial charge in [0.1, 0.15) is 11.6 Å². The van der Waals surface area contributed by atoms with Crippen LogP contribution >= 0.6 is 0 Å². The van der Waals surface area contributed by atoms with Crippen molar-refractivity contribution in [3.63, 3.8) is 0 Å². The summed E-state index contributed by atoms with van der Waals surface area (Å²) in [5, 5.41) is 16.3. The van der Waals surface area contributed by atoms with Gasteiger partial charge in [0.25, 0.3) is 0 Å². The molecule has 8 nitrogen and oxygen atoms in total. The zero-order valence-electron chi connectivity index (χ0n) is 22.1. The molecule has 0 aliphatic carbocycles. The molecule has 1 atom stereocenters. The number of nitrogens with zero attached hydrogens (tertiary/aromatic N) is 5. The van der Waals surface area contributed by atoms with Crippen molar-refractivity contribution in [2.75, 3.05) is 5.01 Å². The number of pyridine rings is 1. The van der Waals surface area contributed by atoms with Gasteiger partial charge in [-0.15, -0.1) is 0 Å². The number of ether oxygens (including phenoxy) is 1. The number of anilines is 1. The number of carboxylic acid groups (broad SMARTS) is 1. The van der Waals surface area contributed by atoms with Crippen LogP contribution in [0.5, 0.6) is 5.75 Å². The van der Waals surface area contributed by atoms with Gasteiger partial charge in [-0.05, 0) is 66.9 Å². The Morgan fingerprint density at radius 2 is 1.50 bits per heavy atom. The Hall–Kier alpha value is -5.11. The molecule has 198 valence electrons. The van der Waals surface area contributed by atoms with Gasteiger partial charge in [0.05, 0.1) is 34.5 Å². The second kappa shape index (κ2) is 10.6. The zero-order chi connectivity index (χ0) is 27.6. The van der Waals surface area contributed by atoms with E-state index < -0.39 is 5.97 Å². The highest BCUT2D eigenvalue weighted by atomic mass is 16.5. The van der Waals surface area contributed by atoms with Gasteiger partial charge in [0, 0.05) is 30.6 Å². The Balaban J connectivity index is 1.33. The molecule has 1 N–H and O–H groups in total. The van der Waals surface area contributed by atoms with E-state index in [0.717, 1.165) is 44.7 Å². The molecule has 1 aliphatic rings. The normalized spacial score (nSPS) is 14.9. The molecule has 0 fully saturated rings. The highest BCUT2D eigenvalue weighted by Gasteiger charge is 2.31. The lowest BCUT2D eigenvalue weighted by atomic mass is 9.96. The number of hydrazone groups is 1. The van der Waals surface area contributed by atoms with E-state index in [1.165, 1.54) is 12.3 Å². The van der Waals surface area contributed by atoms with Crippen LogP contribution in [0.25, 0.3) is 22.2 Å². The monoisotopic (exact) mass is 529 g/mol. The van der Waals surface area contributed by atoms with E-state index >= 15 is 0 Å². The molecule has 0 radical (unpaired) electrons. The summed E-state index contributed by atoms with van der Waals surface area (Å²) >= 11 is 0. The van der Waals surface area contributed by atoms with Crippen molar-refractivity contribution in [3.05, 3.63) is 114 Å². The predicted molar refractivity (Wildman–Crippen MR) is 155 cm³/mol. The van der Waals surface area contributed by atoms with Crippen LogP contribution in [-0.2, 0) is 0 Å². The van der Waals surface area contributed by atoms with Crippen molar-refractivity contribution >= 4 is 28.5 Å². The first-order valence-corrected chi connectivity index (χ1v) is 13.1. The van der Waals surface area contributed by atoms with E-state index in [4.69, 9.17) is 9.84 Å². The lowest BCUT2D eigenvalue weighted by Gasteiger charge is -2.23. The van der Waals surface area contributed by atoms with E-state index in [2.05, 4.69) is 51.4 Å². The number of hydrogen-bond acceptors (Lipinski definition) is 7. The Kier molecular flexibility index (Phi) is 6.66. The number of benzene rings is 3. The summed E-state index contributed by atoms with van der Waals surface area (Å²) in [5.41, 5.74) is 6.80. The molecule has 0 bridgehead atoms. The highest BCUT2D eigenvalue weighted by molar-refractivity contribution is 6.05. The number of hydrogen-bond donors (Lipinski definition) is 1. The standard InChI is InChI=1S/C32H27N5O3/c1-20(2)40-26-10-7-22(8-11-26)21-3-5-23(6-4-21)30-19-28(24-9-12-27-29(17-24)34-16-15-33-27)36-37(30)31-18-25(32(38)39)13-14-35-31/h3-18,20,30H,19H2,1-2H3,(H,38,39). The maximum atomic E-state index is 11.7. The average Bonchev–Trinajstić information content (AvgIpc) is 3.43. The Morgan fingerprint density at radius 1 is 0.825 bits per heavy atom. The summed E-state index contributed by atoms with van der Waals surface area (Å²) in [7, 11) is 0. The zero-order valence-corrected chi connectivity index (χ0v) is 22.1. The SMILES string of the molecule is CC(C)Oc1ccc(-c2ccc(C3CC(c4ccc5nccnc5c4)=NN3c3cc(C(=O)O)ccn3)cc2)cc1. The third-order valence-corrected chi connectivity index (χ3v) is 6.79. The van der Waals surface area contributed by atoms with Crippen LogP contribution in [0.3, 0.4) is 0 Å².